The number of aryl methyl sites for hydroxylation is 1. The average molecular weight is 466 g/mol. The molecule has 4 nitrogen and oxygen atoms in total. The Morgan fingerprint density at radius 2 is 1.34 bits per heavy atom. The third-order valence-electron chi connectivity index (χ3n) is 8.39. The molecule has 2 aliphatic rings. The SMILES string of the molecule is CCn1c(=O)n(C2CCC(N(Cc3ccccc3)C3Cc4ccccc4C3)CC2)c2ccccc21. The van der Waals surface area contributed by atoms with Crippen molar-refractivity contribution in [3.8, 4) is 0 Å². The van der Waals surface area contributed by atoms with E-state index in [1.807, 2.05) is 10.6 Å². The Bertz CT molecular complexity index is 1340. The van der Waals surface area contributed by atoms with E-state index >= 15 is 0 Å². The molecule has 0 amide bonds. The minimum atomic E-state index is 0.157. The molecule has 0 atom stereocenters. The maximum Gasteiger partial charge on any atom is 0.329 e. The molecule has 1 saturated carbocycles. The van der Waals surface area contributed by atoms with E-state index in [2.05, 4.69) is 89.2 Å². The van der Waals surface area contributed by atoms with Crippen LogP contribution in [0, 0.1) is 0 Å². The van der Waals surface area contributed by atoms with Crippen LogP contribution in [0.3, 0.4) is 0 Å². The van der Waals surface area contributed by atoms with Crippen molar-refractivity contribution in [2.45, 2.75) is 76.7 Å². The van der Waals surface area contributed by atoms with Crippen molar-refractivity contribution in [2.24, 2.45) is 0 Å². The summed E-state index contributed by atoms with van der Waals surface area (Å²) in [6.07, 6.45) is 6.70. The average Bonchev–Trinajstić information content (AvgIpc) is 3.46. The van der Waals surface area contributed by atoms with Crippen molar-refractivity contribution < 1.29 is 0 Å². The van der Waals surface area contributed by atoms with Crippen molar-refractivity contribution >= 4 is 11.0 Å². The van der Waals surface area contributed by atoms with Gasteiger partial charge in [0.2, 0.25) is 0 Å². The summed E-state index contributed by atoms with van der Waals surface area (Å²) in [7, 11) is 0. The van der Waals surface area contributed by atoms with Gasteiger partial charge in [-0.2, -0.15) is 0 Å². The minimum absolute atomic E-state index is 0.157. The zero-order valence-corrected chi connectivity index (χ0v) is 20.6. The van der Waals surface area contributed by atoms with Gasteiger partial charge in [0.1, 0.15) is 0 Å². The van der Waals surface area contributed by atoms with Crippen LogP contribution >= 0.6 is 0 Å². The lowest BCUT2D eigenvalue weighted by molar-refractivity contribution is 0.0874. The molecular formula is C31H35N3O. The van der Waals surface area contributed by atoms with Crippen molar-refractivity contribution in [1.82, 2.24) is 14.0 Å². The molecular weight excluding hydrogens is 430 g/mol. The molecule has 0 bridgehead atoms. The lowest BCUT2D eigenvalue weighted by Gasteiger charge is -2.40. The van der Waals surface area contributed by atoms with E-state index in [0.717, 1.165) is 62.6 Å². The Labute approximate surface area is 207 Å². The zero-order valence-electron chi connectivity index (χ0n) is 20.6. The molecule has 2 aliphatic carbocycles. The second-order valence-corrected chi connectivity index (χ2v) is 10.3. The van der Waals surface area contributed by atoms with Gasteiger partial charge < -0.3 is 0 Å². The summed E-state index contributed by atoms with van der Waals surface area (Å²) in [5.74, 6) is 0. The van der Waals surface area contributed by atoms with Crippen LogP contribution in [0.1, 0.15) is 55.3 Å². The molecule has 0 spiro atoms. The van der Waals surface area contributed by atoms with Gasteiger partial charge in [-0.3, -0.25) is 14.0 Å². The predicted octanol–water partition coefficient (Wildman–Crippen LogP) is 5.98. The maximum atomic E-state index is 13.3. The molecule has 6 rings (SSSR count). The Balaban J connectivity index is 1.25. The fourth-order valence-corrected chi connectivity index (χ4v) is 6.66. The normalized spacial score (nSPS) is 20.5. The fourth-order valence-electron chi connectivity index (χ4n) is 6.66. The quantitative estimate of drug-likeness (QED) is 0.351. The Morgan fingerprint density at radius 3 is 2.00 bits per heavy atom. The molecule has 0 radical (unpaired) electrons. The van der Waals surface area contributed by atoms with E-state index in [-0.39, 0.29) is 11.7 Å². The van der Waals surface area contributed by atoms with Crippen molar-refractivity contribution in [3.63, 3.8) is 0 Å². The lowest BCUT2D eigenvalue weighted by Crippen LogP contribution is -2.45. The molecule has 1 fully saturated rings. The summed E-state index contributed by atoms with van der Waals surface area (Å²) in [6.45, 7) is 3.79. The largest absolute Gasteiger partial charge is 0.329 e. The molecule has 180 valence electrons. The standard InChI is InChI=1S/C31H35N3O/c1-2-32-29-14-8-9-15-30(29)34(31(32)35)27-18-16-26(17-19-27)33(22-23-10-4-3-5-11-23)28-20-24-12-6-7-13-25(24)21-28/h3-15,26-28H,2,16-22H2,1H3. The van der Waals surface area contributed by atoms with Crippen LogP contribution in [-0.4, -0.2) is 26.1 Å². The summed E-state index contributed by atoms with van der Waals surface area (Å²) >= 11 is 0. The number of fused-ring (bicyclic) bond motifs is 2. The van der Waals surface area contributed by atoms with E-state index < -0.39 is 0 Å². The highest BCUT2D eigenvalue weighted by atomic mass is 16.1. The fraction of sp³-hybridized carbons (Fsp3) is 0.387. The summed E-state index contributed by atoms with van der Waals surface area (Å²) in [5, 5.41) is 0. The van der Waals surface area contributed by atoms with E-state index in [4.69, 9.17) is 0 Å². The van der Waals surface area contributed by atoms with Gasteiger partial charge in [-0.15, -0.1) is 0 Å². The third kappa shape index (κ3) is 4.14. The molecule has 0 N–H and O–H groups in total. The first-order chi connectivity index (χ1) is 17.2. The molecule has 0 aliphatic heterocycles. The number of nitrogens with zero attached hydrogens (tertiary/aromatic N) is 3. The highest BCUT2D eigenvalue weighted by Gasteiger charge is 2.34. The number of para-hydroxylation sites is 2. The smallest absolute Gasteiger partial charge is 0.293 e. The number of rotatable bonds is 6. The highest BCUT2D eigenvalue weighted by Crippen LogP contribution is 2.36. The van der Waals surface area contributed by atoms with Crippen molar-refractivity contribution in [1.29, 1.82) is 0 Å². The second kappa shape index (κ2) is 9.50. The predicted molar refractivity (Wildman–Crippen MR) is 143 cm³/mol. The molecule has 0 saturated heterocycles. The van der Waals surface area contributed by atoms with Gasteiger partial charge in [0, 0.05) is 31.2 Å². The Morgan fingerprint density at radius 1 is 0.743 bits per heavy atom. The number of hydrogen-bond donors (Lipinski definition) is 0. The van der Waals surface area contributed by atoms with Crippen LogP contribution < -0.4 is 5.69 Å². The molecule has 4 aromatic rings. The van der Waals surface area contributed by atoms with Gasteiger partial charge in [-0.1, -0.05) is 66.7 Å². The minimum Gasteiger partial charge on any atom is -0.293 e. The van der Waals surface area contributed by atoms with E-state index in [0.29, 0.717) is 12.1 Å². The Hall–Kier alpha value is -3.11. The number of hydrogen-bond acceptors (Lipinski definition) is 2. The molecule has 4 heteroatoms. The molecule has 0 unspecified atom stereocenters. The summed E-state index contributed by atoms with van der Waals surface area (Å²) in [5.41, 5.74) is 6.75. The van der Waals surface area contributed by atoms with E-state index in [9.17, 15) is 4.79 Å². The second-order valence-electron chi connectivity index (χ2n) is 10.3. The van der Waals surface area contributed by atoms with Crippen LogP contribution in [0.2, 0.25) is 0 Å². The molecule has 1 aromatic heterocycles. The van der Waals surface area contributed by atoms with E-state index in [1.54, 1.807) is 0 Å². The topological polar surface area (TPSA) is 30.2 Å². The first-order valence-corrected chi connectivity index (χ1v) is 13.3. The van der Waals surface area contributed by atoms with Gasteiger partial charge >= 0.3 is 5.69 Å². The summed E-state index contributed by atoms with van der Waals surface area (Å²) in [4.78, 5) is 16.1. The van der Waals surface area contributed by atoms with Gasteiger partial charge in [0.15, 0.2) is 0 Å². The van der Waals surface area contributed by atoms with E-state index in [1.165, 1.54) is 16.7 Å². The van der Waals surface area contributed by atoms with Crippen LogP contribution in [-0.2, 0) is 25.9 Å². The molecule has 35 heavy (non-hydrogen) atoms. The van der Waals surface area contributed by atoms with Gasteiger partial charge in [-0.25, -0.2) is 4.79 Å². The van der Waals surface area contributed by atoms with Crippen LogP contribution in [0.4, 0.5) is 0 Å². The monoisotopic (exact) mass is 465 g/mol. The maximum absolute atomic E-state index is 13.3. The van der Waals surface area contributed by atoms with Gasteiger partial charge in [-0.05, 0) is 74.3 Å². The zero-order chi connectivity index (χ0) is 23.8. The Kier molecular flexibility index (Phi) is 6.07. The first-order valence-electron chi connectivity index (χ1n) is 13.3. The molecule has 1 heterocycles. The molecule has 3 aromatic carbocycles. The van der Waals surface area contributed by atoms with Gasteiger partial charge in [0.05, 0.1) is 11.0 Å². The van der Waals surface area contributed by atoms with Crippen LogP contribution in [0.25, 0.3) is 11.0 Å². The summed E-state index contributed by atoms with van der Waals surface area (Å²) < 4.78 is 4.03. The van der Waals surface area contributed by atoms with Crippen LogP contribution in [0.15, 0.2) is 83.7 Å². The highest BCUT2D eigenvalue weighted by molar-refractivity contribution is 5.76. The number of imidazole rings is 1. The number of aromatic nitrogens is 2. The number of benzene rings is 3. The van der Waals surface area contributed by atoms with Crippen molar-refractivity contribution in [2.75, 3.05) is 0 Å². The van der Waals surface area contributed by atoms with Crippen LogP contribution in [0.5, 0.6) is 0 Å². The van der Waals surface area contributed by atoms with Gasteiger partial charge in [0.25, 0.3) is 0 Å². The lowest BCUT2D eigenvalue weighted by atomic mass is 9.88. The first kappa shape index (κ1) is 22.4. The van der Waals surface area contributed by atoms with Crippen molar-refractivity contribution in [3.05, 3.63) is 106 Å². The summed E-state index contributed by atoms with van der Waals surface area (Å²) in [6, 6.07) is 29.6. The third-order valence-corrected chi connectivity index (χ3v) is 8.39.